The Balaban J connectivity index is 2.25. The van der Waals surface area contributed by atoms with E-state index in [1.807, 2.05) is 12.1 Å². The Bertz CT molecular complexity index is 388. The molecule has 2 heterocycles. The number of amidine groups is 1. The Labute approximate surface area is 96.0 Å². The molecule has 0 aromatic carbocycles. The summed E-state index contributed by atoms with van der Waals surface area (Å²) >= 11 is 0. The van der Waals surface area contributed by atoms with Crippen molar-refractivity contribution in [3.63, 3.8) is 0 Å². The minimum absolute atomic E-state index is 0.0338. The van der Waals surface area contributed by atoms with Crippen LogP contribution in [0.4, 0.5) is 5.69 Å². The maximum atomic E-state index is 7.39. The second kappa shape index (κ2) is 4.51. The van der Waals surface area contributed by atoms with Crippen LogP contribution in [0.2, 0.25) is 0 Å². The number of aromatic nitrogens is 1. The largest absolute Gasteiger partial charge is 0.382 e. The average molecular weight is 218 g/mol. The molecular formula is C12H18N4. The van der Waals surface area contributed by atoms with Gasteiger partial charge in [0.2, 0.25) is 0 Å². The average Bonchev–Trinajstić information content (AvgIpc) is 2.30. The Morgan fingerprint density at radius 1 is 1.56 bits per heavy atom. The zero-order valence-corrected chi connectivity index (χ0v) is 9.61. The minimum Gasteiger partial charge on any atom is -0.382 e. The topological polar surface area (TPSA) is 66.0 Å². The van der Waals surface area contributed by atoms with Crippen molar-refractivity contribution in [2.45, 2.75) is 32.2 Å². The molecule has 1 aromatic rings. The van der Waals surface area contributed by atoms with Crippen molar-refractivity contribution in [1.82, 2.24) is 4.98 Å². The molecule has 1 aliphatic rings. The van der Waals surface area contributed by atoms with Crippen LogP contribution < -0.4 is 10.6 Å². The fourth-order valence-electron chi connectivity index (χ4n) is 2.23. The highest BCUT2D eigenvalue weighted by Crippen LogP contribution is 2.24. The molecule has 0 radical (unpaired) electrons. The van der Waals surface area contributed by atoms with Crippen LogP contribution in [0, 0.1) is 5.41 Å². The normalized spacial score (nSPS) is 20.8. The van der Waals surface area contributed by atoms with Gasteiger partial charge in [-0.15, -0.1) is 0 Å². The van der Waals surface area contributed by atoms with E-state index in [-0.39, 0.29) is 5.84 Å². The van der Waals surface area contributed by atoms with Gasteiger partial charge in [0, 0.05) is 24.5 Å². The zero-order valence-electron chi connectivity index (χ0n) is 9.61. The van der Waals surface area contributed by atoms with Crippen molar-refractivity contribution in [3.05, 3.63) is 24.0 Å². The maximum Gasteiger partial charge on any atom is 0.141 e. The molecule has 0 aliphatic carbocycles. The smallest absolute Gasteiger partial charge is 0.141 e. The van der Waals surface area contributed by atoms with Crippen LogP contribution in [-0.4, -0.2) is 23.4 Å². The summed E-state index contributed by atoms with van der Waals surface area (Å²) in [4.78, 5) is 6.46. The number of nitrogens with two attached hydrogens (primary N) is 1. The highest BCUT2D eigenvalue weighted by atomic mass is 15.2. The Morgan fingerprint density at radius 3 is 3.06 bits per heavy atom. The quantitative estimate of drug-likeness (QED) is 0.587. The first-order chi connectivity index (χ1) is 7.68. The summed E-state index contributed by atoms with van der Waals surface area (Å²) in [5.74, 6) is 0.0338. The molecule has 2 rings (SSSR count). The SMILES string of the molecule is CC1CCCCN1c1ccnc(C(=N)N)c1. The lowest BCUT2D eigenvalue weighted by Crippen LogP contribution is -2.37. The lowest BCUT2D eigenvalue weighted by molar-refractivity contribution is 0.485. The van der Waals surface area contributed by atoms with E-state index in [1.165, 1.54) is 19.3 Å². The highest BCUT2D eigenvalue weighted by Gasteiger charge is 2.18. The van der Waals surface area contributed by atoms with Gasteiger partial charge in [0.15, 0.2) is 0 Å². The van der Waals surface area contributed by atoms with Gasteiger partial charge in [0.25, 0.3) is 0 Å². The standard InChI is InChI=1S/C12H18N4/c1-9-4-2-3-7-16(9)10-5-6-15-11(8-10)12(13)14/h5-6,8-9H,2-4,7H2,1H3,(H3,13,14). The molecule has 1 unspecified atom stereocenters. The van der Waals surface area contributed by atoms with E-state index < -0.39 is 0 Å². The van der Waals surface area contributed by atoms with Gasteiger partial charge in [-0.05, 0) is 38.3 Å². The van der Waals surface area contributed by atoms with Gasteiger partial charge >= 0.3 is 0 Å². The number of pyridine rings is 1. The van der Waals surface area contributed by atoms with Gasteiger partial charge in [-0.25, -0.2) is 0 Å². The maximum absolute atomic E-state index is 7.39. The first kappa shape index (κ1) is 10.9. The van der Waals surface area contributed by atoms with Gasteiger partial charge in [-0.2, -0.15) is 0 Å². The molecule has 0 bridgehead atoms. The molecule has 0 amide bonds. The molecule has 1 aliphatic heterocycles. The van der Waals surface area contributed by atoms with E-state index in [1.54, 1.807) is 6.20 Å². The highest BCUT2D eigenvalue weighted by molar-refractivity contribution is 5.93. The second-order valence-electron chi connectivity index (χ2n) is 4.35. The molecule has 3 N–H and O–H groups in total. The summed E-state index contributed by atoms with van der Waals surface area (Å²) in [6.07, 6.45) is 5.51. The van der Waals surface area contributed by atoms with Gasteiger partial charge in [-0.1, -0.05) is 0 Å². The number of piperidine rings is 1. The number of hydrogen-bond acceptors (Lipinski definition) is 3. The minimum atomic E-state index is 0.0338. The van der Waals surface area contributed by atoms with Crippen LogP contribution >= 0.6 is 0 Å². The number of anilines is 1. The van der Waals surface area contributed by atoms with E-state index in [9.17, 15) is 0 Å². The third-order valence-electron chi connectivity index (χ3n) is 3.15. The zero-order chi connectivity index (χ0) is 11.5. The number of nitrogens with one attached hydrogen (secondary N) is 1. The second-order valence-corrected chi connectivity index (χ2v) is 4.35. The molecule has 1 aromatic heterocycles. The summed E-state index contributed by atoms with van der Waals surface area (Å²) in [5.41, 5.74) is 7.15. The van der Waals surface area contributed by atoms with E-state index in [2.05, 4.69) is 16.8 Å². The molecule has 1 fully saturated rings. The summed E-state index contributed by atoms with van der Waals surface area (Å²) in [5, 5.41) is 7.39. The van der Waals surface area contributed by atoms with Crippen molar-refractivity contribution < 1.29 is 0 Å². The van der Waals surface area contributed by atoms with Crippen LogP contribution in [0.25, 0.3) is 0 Å². The molecule has 86 valence electrons. The van der Waals surface area contributed by atoms with Crippen molar-refractivity contribution >= 4 is 11.5 Å². The molecule has 1 atom stereocenters. The predicted octanol–water partition coefficient (Wildman–Crippen LogP) is 1.74. The van der Waals surface area contributed by atoms with Gasteiger partial charge in [0.05, 0.1) is 0 Å². The summed E-state index contributed by atoms with van der Waals surface area (Å²) in [6.45, 7) is 3.33. The van der Waals surface area contributed by atoms with E-state index >= 15 is 0 Å². The first-order valence-corrected chi connectivity index (χ1v) is 5.75. The lowest BCUT2D eigenvalue weighted by Gasteiger charge is -2.35. The third-order valence-corrected chi connectivity index (χ3v) is 3.15. The van der Waals surface area contributed by atoms with Crippen LogP contribution in [0.5, 0.6) is 0 Å². The van der Waals surface area contributed by atoms with Crippen LogP contribution in [0.3, 0.4) is 0 Å². The summed E-state index contributed by atoms with van der Waals surface area (Å²) in [7, 11) is 0. The van der Waals surface area contributed by atoms with E-state index in [4.69, 9.17) is 11.1 Å². The fraction of sp³-hybridized carbons (Fsp3) is 0.500. The molecule has 16 heavy (non-hydrogen) atoms. The molecule has 4 heteroatoms. The van der Waals surface area contributed by atoms with E-state index in [0.717, 1.165) is 12.2 Å². The van der Waals surface area contributed by atoms with Crippen LogP contribution in [0.15, 0.2) is 18.3 Å². The van der Waals surface area contributed by atoms with Crippen molar-refractivity contribution in [3.8, 4) is 0 Å². The molecular weight excluding hydrogens is 200 g/mol. The molecule has 0 spiro atoms. The molecule has 4 nitrogen and oxygen atoms in total. The lowest BCUT2D eigenvalue weighted by atomic mass is 10.0. The Kier molecular flexibility index (Phi) is 3.08. The van der Waals surface area contributed by atoms with Crippen molar-refractivity contribution in [1.29, 1.82) is 5.41 Å². The molecule has 0 saturated carbocycles. The van der Waals surface area contributed by atoms with Gasteiger partial charge in [-0.3, -0.25) is 10.4 Å². The summed E-state index contributed by atoms with van der Waals surface area (Å²) in [6, 6.07) is 4.47. The number of nitrogens with zero attached hydrogens (tertiary/aromatic N) is 2. The van der Waals surface area contributed by atoms with Crippen molar-refractivity contribution in [2.24, 2.45) is 5.73 Å². The van der Waals surface area contributed by atoms with Gasteiger partial charge < -0.3 is 10.6 Å². The number of hydrogen-bond donors (Lipinski definition) is 2. The van der Waals surface area contributed by atoms with Gasteiger partial charge in [0.1, 0.15) is 11.5 Å². The Morgan fingerprint density at radius 2 is 2.38 bits per heavy atom. The number of rotatable bonds is 2. The summed E-state index contributed by atoms with van der Waals surface area (Å²) < 4.78 is 0. The predicted molar refractivity (Wildman–Crippen MR) is 65.9 cm³/mol. The monoisotopic (exact) mass is 218 g/mol. The third kappa shape index (κ3) is 2.15. The van der Waals surface area contributed by atoms with Crippen LogP contribution in [0.1, 0.15) is 31.9 Å². The molecule has 1 saturated heterocycles. The van der Waals surface area contributed by atoms with E-state index in [0.29, 0.717) is 11.7 Å². The van der Waals surface area contributed by atoms with Crippen LogP contribution in [-0.2, 0) is 0 Å². The first-order valence-electron chi connectivity index (χ1n) is 5.75. The Hall–Kier alpha value is -1.58. The fourth-order valence-corrected chi connectivity index (χ4v) is 2.23. The number of nitrogen functional groups attached to an aromatic ring is 1. The van der Waals surface area contributed by atoms with Crippen molar-refractivity contribution in [2.75, 3.05) is 11.4 Å².